The van der Waals surface area contributed by atoms with Gasteiger partial charge in [-0.15, -0.1) is 0 Å². The number of nitrogen functional groups attached to an aromatic ring is 1. The molecule has 0 radical (unpaired) electrons. The highest BCUT2D eigenvalue weighted by Gasteiger charge is 2.18. The molecule has 0 unspecified atom stereocenters. The number of anilines is 3. The van der Waals surface area contributed by atoms with E-state index in [2.05, 4.69) is 5.32 Å². The quantitative estimate of drug-likeness (QED) is 0.430. The second-order valence-corrected chi connectivity index (χ2v) is 4.69. The molecule has 5 heteroatoms. The summed E-state index contributed by atoms with van der Waals surface area (Å²) < 4.78 is 0. The maximum atomic E-state index is 11.4. The molecule has 0 atom stereocenters. The third-order valence-corrected chi connectivity index (χ3v) is 3.25. The number of fused-ring (bicyclic) bond motifs is 1. The molecule has 0 heterocycles. The van der Waals surface area contributed by atoms with Crippen LogP contribution in [0.5, 0.6) is 0 Å². The minimum Gasteiger partial charge on any atom is -0.399 e. The largest absolute Gasteiger partial charge is 0.399 e. The standard InChI is InChI=1S/C16H13N3O2/c17-12-5-3-6-13(10-12)18-15-9-8-11-4-1-2-7-14(11)16(15)19(20)21/h1-10,18H,17H2. The van der Waals surface area contributed by atoms with Crippen molar-refractivity contribution in [3.63, 3.8) is 0 Å². The maximum absolute atomic E-state index is 11.4. The van der Waals surface area contributed by atoms with Crippen LogP contribution in [0.2, 0.25) is 0 Å². The highest BCUT2D eigenvalue weighted by Crippen LogP contribution is 2.35. The summed E-state index contributed by atoms with van der Waals surface area (Å²) in [5, 5.41) is 15.9. The predicted octanol–water partition coefficient (Wildman–Crippen LogP) is 4.07. The van der Waals surface area contributed by atoms with Gasteiger partial charge in [0.25, 0.3) is 5.69 Å². The summed E-state index contributed by atoms with van der Waals surface area (Å²) in [4.78, 5) is 11.1. The molecule has 0 saturated heterocycles. The van der Waals surface area contributed by atoms with Crippen LogP contribution < -0.4 is 11.1 Å². The zero-order valence-corrected chi connectivity index (χ0v) is 11.1. The molecule has 0 saturated carbocycles. The molecule has 5 nitrogen and oxygen atoms in total. The zero-order valence-electron chi connectivity index (χ0n) is 11.1. The van der Waals surface area contributed by atoms with Crippen LogP contribution in [0.25, 0.3) is 10.8 Å². The van der Waals surface area contributed by atoms with Crippen LogP contribution in [0.4, 0.5) is 22.7 Å². The van der Waals surface area contributed by atoms with Gasteiger partial charge in [0.05, 0.1) is 10.3 Å². The molecule has 21 heavy (non-hydrogen) atoms. The van der Waals surface area contributed by atoms with Crippen LogP contribution in [0.15, 0.2) is 60.7 Å². The minimum absolute atomic E-state index is 0.0653. The van der Waals surface area contributed by atoms with Crippen LogP contribution in [0.1, 0.15) is 0 Å². The molecule has 0 aliphatic carbocycles. The molecule has 3 aromatic rings. The Labute approximate surface area is 121 Å². The Morgan fingerprint density at radius 2 is 1.81 bits per heavy atom. The number of nitrogens with zero attached hydrogens (tertiary/aromatic N) is 1. The number of benzene rings is 3. The number of nitro benzene ring substituents is 1. The summed E-state index contributed by atoms with van der Waals surface area (Å²) in [6, 6.07) is 17.9. The van der Waals surface area contributed by atoms with E-state index in [0.717, 1.165) is 5.39 Å². The molecule has 0 fully saturated rings. The molecule has 0 spiro atoms. The van der Waals surface area contributed by atoms with Crippen molar-refractivity contribution in [3.8, 4) is 0 Å². The first kappa shape index (κ1) is 12.9. The summed E-state index contributed by atoms with van der Waals surface area (Å²) >= 11 is 0. The van der Waals surface area contributed by atoms with E-state index in [1.807, 2.05) is 24.3 Å². The third kappa shape index (κ3) is 2.49. The molecule has 0 amide bonds. The SMILES string of the molecule is Nc1cccc(Nc2ccc3ccccc3c2[N+](=O)[O-])c1. The van der Waals surface area contributed by atoms with Crippen LogP contribution in [-0.2, 0) is 0 Å². The van der Waals surface area contributed by atoms with Gasteiger partial charge in [-0.3, -0.25) is 10.1 Å². The predicted molar refractivity (Wildman–Crippen MR) is 84.7 cm³/mol. The van der Waals surface area contributed by atoms with Crippen LogP contribution >= 0.6 is 0 Å². The summed E-state index contributed by atoms with van der Waals surface area (Å²) in [6.45, 7) is 0. The fraction of sp³-hybridized carbons (Fsp3) is 0. The van der Waals surface area contributed by atoms with Crippen molar-refractivity contribution in [3.05, 3.63) is 70.8 Å². The molecule has 0 aliphatic heterocycles. The van der Waals surface area contributed by atoms with E-state index in [1.54, 1.807) is 36.4 Å². The second-order valence-electron chi connectivity index (χ2n) is 4.69. The first-order chi connectivity index (χ1) is 10.1. The highest BCUT2D eigenvalue weighted by atomic mass is 16.6. The Morgan fingerprint density at radius 3 is 2.57 bits per heavy atom. The lowest BCUT2D eigenvalue weighted by atomic mass is 10.1. The molecular formula is C16H13N3O2. The zero-order chi connectivity index (χ0) is 14.8. The monoisotopic (exact) mass is 279 g/mol. The van der Waals surface area contributed by atoms with Gasteiger partial charge in [0.2, 0.25) is 0 Å². The van der Waals surface area contributed by atoms with Gasteiger partial charge >= 0.3 is 0 Å². The molecule has 0 aromatic heterocycles. The van der Waals surface area contributed by atoms with Crippen molar-refractivity contribution in [2.24, 2.45) is 0 Å². The molecule has 0 aliphatic rings. The van der Waals surface area contributed by atoms with Gasteiger partial charge in [0.1, 0.15) is 5.69 Å². The Bertz CT molecular complexity index is 831. The minimum atomic E-state index is -0.364. The number of hydrogen-bond acceptors (Lipinski definition) is 4. The van der Waals surface area contributed by atoms with Gasteiger partial charge in [0, 0.05) is 11.4 Å². The first-order valence-electron chi connectivity index (χ1n) is 6.44. The Balaban J connectivity index is 2.14. The Morgan fingerprint density at radius 1 is 1.00 bits per heavy atom. The molecule has 3 rings (SSSR count). The van der Waals surface area contributed by atoms with Gasteiger partial charge in [-0.2, -0.15) is 0 Å². The van der Waals surface area contributed by atoms with Crippen molar-refractivity contribution < 1.29 is 4.92 Å². The highest BCUT2D eigenvalue weighted by molar-refractivity contribution is 5.97. The van der Waals surface area contributed by atoms with Gasteiger partial charge in [0.15, 0.2) is 0 Å². The van der Waals surface area contributed by atoms with E-state index in [1.165, 1.54) is 0 Å². The molecule has 3 aromatic carbocycles. The van der Waals surface area contributed by atoms with E-state index < -0.39 is 0 Å². The smallest absolute Gasteiger partial charge is 0.300 e. The first-order valence-corrected chi connectivity index (χ1v) is 6.44. The molecule has 0 bridgehead atoms. The Hall–Kier alpha value is -3.08. The van der Waals surface area contributed by atoms with E-state index in [0.29, 0.717) is 22.4 Å². The molecular weight excluding hydrogens is 266 g/mol. The average Bonchev–Trinajstić information content (AvgIpc) is 2.46. The number of nitro groups is 1. The third-order valence-electron chi connectivity index (χ3n) is 3.25. The van der Waals surface area contributed by atoms with Crippen LogP contribution in [-0.4, -0.2) is 4.92 Å². The van der Waals surface area contributed by atoms with E-state index in [-0.39, 0.29) is 10.6 Å². The fourth-order valence-electron chi connectivity index (χ4n) is 2.32. The fourth-order valence-corrected chi connectivity index (χ4v) is 2.32. The number of rotatable bonds is 3. The van der Waals surface area contributed by atoms with Crippen molar-refractivity contribution in [1.82, 2.24) is 0 Å². The van der Waals surface area contributed by atoms with E-state index in [9.17, 15) is 10.1 Å². The normalized spacial score (nSPS) is 10.5. The number of hydrogen-bond donors (Lipinski definition) is 2. The second kappa shape index (κ2) is 5.13. The molecule has 104 valence electrons. The number of nitrogens with two attached hydrogens (primary N) is 1. The van der Waals surface area contributed by atoms with Gasteiger partial charge in [-0.05, 0) is 35.7 Å². The lowest BCUT2D eigenvalue weighted by molar-refractivity contribution is -0.382. The van der Waals surface area contributed by atoms with Crippen LogP contribution in [0, 0.1) is 10.1 Å². The Kier molecular flexibility index (Phi) is 3.16. The summed E-state index contributed by atoms with van der Waals surface area (Å²) in [6.07, 6.45) is 0. The van der Waals surface area contributed by atoms with Crippen molar-refractivity contribution in [2.45, 2.75) is 0 Å². The van der Waals surface area contributed by atoms with Crippen molar-refractivity contribution >= 4 is 33.5 Å². The van der Waals surface area contributed by atoms with Gasteiger partial charge < -0.3 is 11.1 Å². The van der Waals surface area contributed by atoms with Crippen molar-refractivity contribution in [1.29, 1.82) is 0 Å². The van der Waals surface area contributed by atoms with Crippen molar-refractivity contribution in [2.75, 3.05) is 11.1 Å². The summed E-state index contributed by atoms with van der Waals surface area (Å²) in [5.41, 5.74) is 7.56. The lowest BCUT2D eigenvalue weighted by Crippen LogP contribution is -1.98. The average molecular weight is 279 g/mol. The maximum Gasteiger partial charge on any atom is 0.300 e. The van der Waals surface area contributed by atoms with Gasteiger partial charge in [-0.25, -0.2) is 0 Å². The summed E-state index contributed by atoms with van der Waals surface area (Å²) in [7, 11) is 0. The topological polar surface area (TPSA) is 81.2 Å². The summed E-state index contributed by atoms with van der Waals surface area (Å²) in [5.74, 6) is 0. The molecule has 3 N–H and O–H groups in total. The van der Waals surface area contributed by atoms with Gasteiger partial charge in [-0.1, -0.05) is 30.3 Å². The van der Waals surface area contributed by atoms with E-state index >= 15 is 0 Å². The lowest BCUT2D eigenvalue weighted by Gasteiger charge is -2.09. The van der Waals surface area contributed by atoms with Crippen LogP contribution in [0.3, 0.4) is 0 Å². The number of nitrogens with one attached hydrogen (secondary N) is 1. The van der Waals surface area contributed by atoms with E-state index in [4.69, 9.17) is 5.73 Å².